The van der Waals surface area contributed by atoms with Gasteiger partial charge in [-0.05, 0) is 62.0 Å². The Balaban J connectivity index is 0.00000225. The third-order valence-corrected chi connectivity index (χ3v) is 5.79. The Morgan fingerprint density at radius 1 is 1.21 bits per heavy atom. The molecule has 0 saturated carbocycles. The summed E-state index contributed by atoms with van der Waals surface area (Å²) in [6.45, 7) is 2.44. The first kappa shape index (κ1) is 20.5. The Kier molecular flexibility index (Phi) is 7.19. The quantitative estimate of drug-likeness (QED) is 0.663. The first-order chi connectivity index (χ1) is 13.3. The maximum Gasteiger partial charge on any atom is 0.274 e. The zero-order valence-electron chi connectivity index (χ0n) is 15.5. The van der Waals surface area contributed by atoms with Crippen LogP contribution in [0.25, 0.3) is 10.6 Å². The van der Waals surface area contributed by atoms with Gasteiger partial charge in [-0.25, -0.2) is 0 Å². The van der Waals surface area contributed by atoms with Gasteiger partial charge < -0.3 is 10.2 Å². The second-order valence-electron chi connectivity index (χ2n) is 6.73. The third kappa shape index (κ3) is 4.79. The maximum atomic E-state index is 13.3. The highest BCUT2D eigenvalue weighted by Gasteiger charge is 2.27. The Morgan fingerprint density at radius 2 is 2.14 bits per heavy atom. The normalized spacial score (nSPS) is 16.8. The van der Waals surface area contributed by atoms with Crippen LogP contribution in [0.2, 0.25) is 0 Å². The predicted octanol–water partition coefficient (Wildman–Crippen LogP) is 3.74. The highest BCUT2D eigenvalue weighted by atomic mass is 35.5. The van der Waals surface area contributed by atoms with Crippen LogP contribution in [0.4, 0.5) is 0 Å². The summed E-state index contributed by atoms with van der Waals surface area (Å²) in [5.74, 6) is -0.0355. The van der Waals surface area contributed by atoms with Crippen molar-refractivity contribution in [2.75, 3.05) is 13.1 Å². The topological polar surface area (TPSA) is 73.9 Å². The number of pyridine rings is 1. The fraction of sp³-hybridized carbons (Fsp3) is 0.350. The van der Waals surface area contributed by atoms with Crippen LogP contribution >= 0.6 is 23.7 Å². The van der Waals surface area contributed by atoms with Crippen LogP contribution in [0.15, 0.2) is 48.0 Å². The number of aromatic nitrogens is 3. The number of carbonyl (C=O) groups is 1. The monoisotopic (exact) mass is 417 g/mol. The Hall–Kier alpha value is -2.22. The van der Waals surface area contributed by atoms with Gasteiger partial charge >= 0.3 is 0 Å². The minimum absolute atomic E-state index is 0. The number of nitrogens with one attached hydrogen (secondary N) is 2. The van der Waals surface area contributed by atoms with Crippen LogP contribution in [0.1, 0.15) is 35.4 Å². The minimum Gasteiger partial charge on any atom is -0.328 e. The number of nitrogens with zero attached hydrogens (tertiary/aromatic N) is 3. The van der Waals surface area contributed by atoms with E-state index < -0.39 is 0 Å². The second-order valence-corrected chi connectivity index (χ2v) is 7.68. The van der Waals surface area contributed by atoms with Gasteiger partial charge in [-0.2, -0.15) is 5.10 Å². The molecule has 4 heterocycles. The molecule has 1 aliphatic heterocycles. The average Bonchev–Trinajstić information content (AvgIpc) is 3.33. The van der Waals surface area contributed by atoms with E-state index in [2.05, 4.69) is 20.5 Å². The minimum atomic E-state index is -0.0355. The van der Waals surface area contributed by atoms with E-state index in [9.17, 15) is 4.79 Å². The number of hydrogen-bond acceptors (Lipinski definition) is 5. The van der Waals surface area contributed by atoms with Crippen molar-refractivity contribution < 1.29 is 4.79 Å². The van der Waals surface area contributed by atoms with Crippen molar-refractivity contribution in [1.29, 1.82) is 0 Å². The van der Waals surface area contributed by atoms with Crippen molar-refractivity contribution >= 4 is 29.7 Å². The first-order valence-corrected chi connectivity index (χ1v) is 10.2. The zero-order chi connectivity index (χ0) is 18.5. The van der Waals surface area contributed by atoms with E-state index in [1.165, 1.54) is 0 Å². The zero-order valence-corrected chi connectivity index (χ0v) is 17.1. The molecule has 1 aliphatic rings. The fourth-order valence-electron chi connectivity index (χ4n) is 3.48. The standard InChI is InChI=1S/C20H23N5OS.ClH/c26-20(18-13-17(23-24-18)19-7-4-12-27-19)25(14-15-5-1-2-10-22-15)16-6-3-9-21-11-8-16;/h1-2,4-5,7,10,12-13,16,21H,3,6,8-9,11,14H2,(H,23,24);1H. The summed E-state index contributed by atoms with van der Waals surface area (Å²) in [7, 11) is 0. The highest BCUT2D eigenvalue weighted by Crippen LogP contribution is 2.25. The molecule has 1 atom stereocenters. The number of carbonyl (C=O) groups excluding carboxylic acids is 1. The predicted molar refractivity (Wildman–Crippen MR) is 114 cm³/mol. The lowest BCUT2D eigenvalue weighted by atomic mass is 10.1. The first-order valence-electron chi connectivity index (χ1n) is 9.32. The molecule has 8 heteroatoms. The van der Waals surface area contributed by atoms with E-state index in [0.29, 0.717) is 12.2 Å². The van der Waals surface area contributed by atoms with Gasteiger partial charge in [0.25, 0.3) is 5.91 Å². The van der Waals surface area contributed by atoms with Gasteiger partial charge in [0, 0.05) is 12.2 Å². The van der Waals surface area contributed by atoms with Gasteiger partial charge in [-0.3, -0.25) is 14.9 Å². The molecule has 6 nitrogen and oxygen atoms in total. The molecule has 1 unspecified atom stereocenters. The van der Waals surface area contributed by atoms with Crippen LogP contribution in [0.3, 0.4) is 0 Å². The lowest BCUT2D eigenvalue weighted by Gasteiger charge is -2.30. The molecule has 0 aliphatic carbocycles. The fourth-order valence-corrected chi connectivity index (χ4v) is 4.17. The highest BCUT2D eigenvalue weighted by molar-refractivity contribution is 7.13. The number of amides is 1. The number of rotatable bonds is 5. The maximum absolute atomic E-state index is 13.3. The van der Waals surface area contributed by atoms with E-state index in [1.54, 1.807) is 17.5 Å². The smallest absolute Gasteiger partial charge is 0.274 e. The van der Waals surface area contributed by atoms with Crippen molar-refractivity contribution in [3.05, 3.63) is 59.4 Å². The molecule has 1 fully saturated rings. The van der Waals surface area contributed by atoms with Gasteiger partial charge in [0.1, 0.15) is 0 Å². The van der Waals surface area contributed by atoms with Crippen molar-refractivity contribution in [3.8, 4) is 10.6 Å². The number of thiophene rings is 1. The molecule has 0 aromatic carbocycles. The molecule has 1 amide bonds. The van der Waals surface area contributed by atoms with E-state index >= 15 is 0 Å². The summed E-state index contributed by atoms with van der Waals surface area (Å²) in [5.41, 5.74) is 2.25. The molecular formula is C20H24ClN5OS. The van der Waals surface area contributed by atoms with Gasteiger partial charge in [-0.1, -0.05) is 12.1 Å². The van der Waals surface area contributed by atoms with Crippen molar-refractivity contribution in [2.45, 2.75) is 31.8 Å². The molecule has 4 rings (SSSR count). The SMILES string of the molecule is Cl.O=C(c1cc(-c2cccs2)[nH]n1)N(Cc1ccccn1)C1CCCNCC1. The van der Waals surface area contributed by atoms with Crippen LogP contribution in [0.5, 0.6) is 0 Å². The molecule has 3 aromatic rings. The largest absolute Gasteiger partial charge is 0.328 e. The van der Waals surface area contributed by atoms with Crippen molar-refractivity contribution in [2.24, 2.45) is 0 Å². The molecule has 0 radical (unpaired) electrons. The van der Waals surface area contributed by atoms with E-state index in [1.807, 2.05) is 46.7 Å². The lowest BCUT2D eigenvalue weighted by molar-refractivity contribution is 0.0636. The molecule has 28 heavy (non-hydrogen) atoms. The molecule has 0 spiro atoms. The van der Waals surface area contributed by atoms with Crippen LogP contribution in [-0.4, -0.2) is 45.1 Å². The number of halogens is 1. The van der Waals surface area contributed by atoms with E-state index in [4.69, 9.17) is 0 Å². The van der Waals surface area contributed by atoms with Gasteiger partial charge in [-0.15, -0.1) is 23.7 Å². The van der Waals surface area contributed by atoms with E-state index in [-0.39, 0.29) is 24.4 Å². The summed E-state index contributed by atoms with van der Waals surface area (Å²) >= 11 is 1.63. The summed E-state index contributed by atoms with van der Waals surface area (Å²) in [4.78, 5) is 20.8. The molecule has 148 valence electrons. The summed E-state index contributed by atoms with van der Waals surface area (Å²) in [6, 6.07) is 11.9. The number of aromatic amines is 1. The lowest BCUT2D eigenvalue weighted by Crippen LogP contribution is -2.40. The summed E-state index contributed by atoms with van der Waals surface area (Å²) < 4.78 is 0. The molecular weight excluding hydrogens is 394 g/mol. The average molecular weight is 418 g/mol. The molecule has 3 aromatic heterocycles. The molecule has 1 saturated heterocycles. The summed E-state index contributed by atoms with van der Waals surface area (Å²) in [6.07, 6.45) is 4.78. The van der Waals surface area contributed by atoms with E-state index in [0.717, 1.165) is 48.6 Å². The molecule has 2 N–H and O–H groups in total. The van der Waals surface area contributed by atoms with Crippen LogP contribution < -0.4 is 5.32 Å². The van der Waals surface area contributed by atoms with Gasteiger partial charge in [0.2, 0.25) is 0 Å². The third-order valence-electron chi connectivity index (χ3n) is 4.89. The Labute approximate surface area is 174 Å². The van der Waals surface area contributed by atoms with Crippen molar-refractivity contribution in [3.63, 3.8) is 0 Å². The second kappa shape index (κ2) is 9.82. The number of H-pyrrole nitrogens is 1. The molecule has 0 bridgehead atoms. The van der Waals surface area contributed by atoms with Gasteiger partial charge in [0.15, 0.2) is 5.69 Å². The Morgan fingerprint density at radius 3 is 2.93 bits per heavy atom. The van der Waals surface area contributed by atoms with Crippen LogP contribution in [0, 0.1) is 0 Å². The number of hydrogen-bond donors (Lipinski definition) is 2. The summed E-state index contributed by atoms with van der Waals surface area (Å²) in [5, 5.41) is 12.8. The Bertz CT molecular complexity index is 860. The van der Waals surface area contributed by atoms with Gasteiger partial charge in [0.05, 0.1) is 22.8 Å². The van der Waals surface area contributed by atoms with Crippen molar-refractivity contribution in [1.82, 2.24) is 25.4 Å². The van der Waals surface area contributed by atoms with Crippen LogP contribution in [-0.2, 0) is 6.54 Å².